The SMILES string of the molecule is CC(C)(C)OC(=O)NC(CCC(=O)O)C(=O)N1CCC[C@H]1C(=O)NC(Cc1ccccc1)C(=O)C(F)(F)C(=O)Nc1cc(C(=O)O)c2ccccc2c1. The summed E-state index contributed by atoms with van der Waals surface area (Å²) in [5.74, 6) is -13.2. The number of alkyl halides is 2. The number of carboxylic acids is 2. The normalized spacial score (nSPS) is 15.6. The number of nitrogens with one attached hydrogen (secondary N) is 3. The number of aromatic carboxylic acids is 1. The third-order valence-electron chi connectivity index (χ3n) is 8.33. The van der Waals surface area contributed by atoms with E-state index in [1.807, 2.05) is 5.32 Å². The molecule has 14 nitrogen and oxygen atoms in total. The number of carbonyl (C=O) groups excluding carboxylic acids is 5. The molecule has 5 N–H and O–H groups in total. The van der Waals surface area contributed by atoms with Gasteiger partial charge in [-0.2, -0.15) is 8.78 Å². The Bertz CT molecular complexity index is 1900. The van der Waals surface area contributed by atoms with Gasteiger partial charge in [0.25, 0.3) is 0 Å². The van der Waals surface area contributed by atoms with Crippen LogP contribution in [-0.2, 0) is 35.1 Å². The average Bonchev–Trinajstić information content (AvgIpc) is 3.58. The van der Waals surface area contributed by atoms with Crippen molar-refractivity contribution in [1.29, 1.82) is 0 Å². The minimum Gasteiger partial charge on any atom is -0.481 e. The molecule has 1 heterocycles. The summed E-state index contributed by atoms with van der Waals surface area (Å²) in [4.78, 5) is 90.7. The summed E-state index contributed by atoms with van der Waals surface area (Å²) in [5, 5.41) is 26.1. The molecular formula is C37H40F2N4O10. The highest BCUT2D eigenvalue weighted by atomic mass is 19.3. The smallest absolute Gasteiger partial charge is 0.408 e. The lowest BCUT2D eigenvalue weighted by Crippen LogP contribution is -2.58. The molecule has 3 aromatic carbocycles. The van der Waals surface area contributed by atoms with Crippen LogP contribution in [0.2, 0.25) is 0 Å². The van der Waals surface area contributed by atoms with E-state index in [0.717, 1.165) is 11.0 Å². The number of hydrogen-bond acceptors (Lipinski definition) is 8. The van der Waals surface area contributed by atoms with Crippen molar-refractivity contribution in [2.24, 2.45) is 0 Å². The summed E-state index contributed by atoms with van der Waals surface area (Å²) in [6, 6.07) is 11.6. The largest absolute Gasteiger partial charge is 0.481 e. The van der Waals surface area contributed by atoms with Crippen molar-refractivity contribution in [3.63, 3.8) is 0 Å². The first-order chi connectivity index (χ1) is 24.9. The van der Waals surface area contributed by atoms with Crippen molar-refractivity contribution in [3.05, 3.63) is 77.9 Å². The molecule has 0 spiro atoms. The molecule has 0 bridgehead atoms. The molecule has 0 saturated carbocycles. The number of carboxylic acid groups (broad SMARTS) is 2. The van der Waals surface area contributed by atoms with Crippen LogP contribution >= 0.6 is 0 Å². The number of ketones is 1. The molecule has 1 aliphatic heterocycles. The maximum Gasteiger partial charge on any atom is 0.408 e. The molecule has 53 heavy (non-hydrogen) atoms. The molecule has 1 fully saturated rings. The summed E-state index contributed by atoms with van der Waals surface area (Å²) in [6.45, 7) is 4.75. The van der Waals surface area contributed by atoms with Gasteiger partial charge in [-0.05, 0) is 68.5 Å². The fourth-order valence-electron chi connectivity index (χ4n) is 5.91. The molecule has 1 saturated heterocycles. The minimum atomic E-state index is -4.73. The van der Waals surface area contributed by atoms with E-state index in [9.17, 15) is 43.8 Å². The number of likely N-dealkylation sites (tertiary alicyclic amines) is 1. The number of nitrogens with zero attached hydrogens (tertiary/aromatic N) is 1. The first-order valence-corrected chi connectivity index (χ1v) is 16.7. The Morgan fingerprint density at radius 1 is 0.906 bits per heavy atom. The van der Waals surface area contributed by atoms with Crippen LogP contribution in [0.4, 0.5) is 19.3 Å². The van der Waals surface area contributed by atoms with Crippen molar-refractivity contribution in [1.82, 2.24) is 15.5 Å². The van der Waals surface area contributed by atoms with E-state index in [1.54, 1.807) is 51.1 Å². The highest BCUT2D eigenvalue weighted by Gasteiger charge is 2.51. The van der Waals surface area contributed by atoms with Gasteiger partial charge in [-0.25, -0.2) is 9.59 Å². The summed E-state index contributed by atoms with van der Waals surface area (Å²) < 4.78 is 36.7. The minimum absolute atomic E-state index is 0.00353. The molecule has 16 heteroatoms. The van der Waals surface area contributed by atoms with Gasteiger partial charge in [0.1, 0.15) is 17.7 Å². The lowest BCUT2D eigenvalue weighted by molar-refractivity contribution is -0.157. The molecule has 4 amide bonds. The quantitative estimate of drug-likeness (QED) is 0.149. The van der Waals surface area contributed by atoms with E-state index in [-0.39, 0.29) is 37.1 Å². The number of benzene rings is 3. The Labute approximate surface area is 302 Å². The maximum absolute atomic E-state index is 15.8. The summed E-state index contributed by atoms with van der Waals surface area (Å²) in [7, 11) is 0. The Hall–Kier alpha value is -5.93. The first kappa shape index (κ1) is 39.8. The highest BCUT2D eigenvalue weighted by Crippen LogP contribution is 2.28. The van der Waals surface area contributed by atoms with E-state index in [2.05, 4.69) is 10.6 Å². The van der Waals surface area contributed by atoms with Gasteiger partial charge >= 0.3 is 29.9 Å². The Morgan fingerprint density at radius 2 is 1.57 bits per heavy atom. The number of ether oxygens (including phenoxy) is 1. The number of carbonyl (C=O) groups is 7. The van der Waals surface area contributed by atoms with Gasteiger partial charge in [0, 0.05) is 25.1 Å². The molecule has 2 unspecified atom stereocenters. The third-order valence-corrected chi connectivity index (χ3v) is 8.33. The van der Waals surface area contributed by atoms with Crippen LogP contribution in [0.3, 0.4) is 0 Å². The van der Waals surface area contributed by atoms with Crippen molar-refractivity contribution < 1.29 is 57.3 Å². The van der Waals surface area contributed by atoms with Gasteiger partial charge in [0.05, 0.1) is 11.6 Å². The standard InChI is InChI=1S/C37H40F2N4O10/c1-36(2,3)53-35(52)42-26(15-16-29(44)45)32(48)43-17-9-14-28(43)31(47)41-27(18-21-10-5-4-6-11-21)30(46)37(38,39)34(51)40-23-19-22-12-7-8-13-24(22)25(20-23)33(49)50/h4-8,10-13,19-20,26-28H,9,14-18H2,1-3H3,(H,40,51)(H,41,47)(H,42,52)(H,44,45)(H,49,50)/t26?,27?,28-/m0/s1. The van der Waals surface area contributed by atoms with Gasteiger partial charge in [-0.1, -0.05) is 54.6 Å². The van der Waals surface area contributed by atoms with Gasteiger partial charge in [-0.3, -0.25) is 24.0 Å². The highest BCUT2D eigenvalue weighted by molar-refractivity contribution is 6.16. The van der Waals surface area contributed by atoms with Gasteiger partial charge in [0.15, 0.2) is 0 Å². The summed E-state index contributed by atoms with van der Waals surface area (Å²) in [6.07, 6.45) is -2.00. The first-order valence-electron chi connectivity index (χ1n) is 16.7. The predicted molar refractivity (Wildman–Crippen MR) is 186 cm³/mol. The van der Waals surface area contributed by atoms with Crippen molar-refractivity contribution >= 4 is 58.0 Å². The van der Waals surface area contributed by atoms with Gasteiger partial charge < -0.3 is 35.8 Å². The van der Waals surface area contributed by atoms with Crippen LogP contribution in [0, 0.1) is 0 Å². The molecule has 3 aromatic rings. The number of alkyl carbamates (subject to hydrolysis) is 1. The lowest BCUT2D eigenvalue weighted by Gasteiger charge is -2.30. The summed E-state index contributed by atoms with van der Waals surface area (Å²) >= 11 is 0. The van der Waals surface area contributed by atoms with E-state index < -0.39 is 84.0 Å². The van der Waals surface area contributed by atoms with Crippen molar-refractivity contribution in [3.8, 4) is 0 Å². The van der Waals surface area contributed by atoms with E-state index in [0.29, 0.717) is 16.3 Å². The van der Waals surface area contributed by atoms with Crippen LogP contribution in [0.5, 0.6) is 0 Å². The zero-order chi connectivity index (χ0) is 39.1. The lowest BCUT2D eigenvalue weighted by atomic mass is 9.97. The van der Waals surface area contributed by atoms with Crippen LogP contribution in [-0.4, -0.2) is 92.8 Å². The van der Waals surface area contributed by atoms with Crippen molar-refractivity contribution in [2.45, 2.75) is 82.5 Å². The third kappa shape index (κ3) is 10.3. The van der Waals surface area contributed by atoms with E-state index in [1.165, 1.54) is 30.3 Å². The second-order valence-corrected chi connectivity index (χ2v) is 13.5. The van der Waals surface area contributed by atoms with Crippen LogP contribution in [0.15, 0.2) is 66.7 Å². The number of aliphatic carboxylic acids is 1. The Kier molecular flexibility index (Phi) is 12.5. The van der Waals surface area contributed by atoms with E-state index >= 15 is 8.78 Å². The molecule has 0 aliphatic carbocycles. The number of hydrogen-bond donors (Lipinski definition) is 5. The van der Waals surface area contributed by atoms with Crippen LogP contribution in [0.25, 0.3) is 10.8 Å². The average molecular weight is 739 g/mol. The number of halogens is 2. The number of anilines is 1. The zero-order valence-electron chi connectivity index (χ0n) is 29.2. The molecule has 4 rings (SSSR count). The molecule has 282 valence electrons. The summed E-state index contributed by atoms with van der Waals surface area (Å²) in [5.41, 5.74) is -1.17. The second kappa shape index (κ2) is 16.6. The molecule has 3 atom stereocenters. The van der Waals surface area contributed by atoms with Crippen LogP contribution < -0.4 is 16.0 Å². The number of rotatable bonds is 14. The Balaban J connectivity index is 1.57. The zero-order valence-corrected chi connectivity index (χ0v) is 29.2. The van der Waals surface area contributed by atoms with E-state index in [4.69, 9.17) is 4.74 Å². The fraction of sp³-hybridized carbons (Fsp3) is 0.378. The topological polar surface area (TPSA) is 209 Å². The number of fused-ring (bicyclic) bond motifs is 1. The maximum atomic E-state index is 15.8. The monoisotopic (exact) mass is 738 g/mol. The fourth-order valence-corrected chi connectivity index (χ4v) is 5.91. The Morgan fingerprint density at radius 3 is 2.21 bits per heavy atom. The molecular weight excluding hydrogens is 698 g/mol. The predicted octanol–water partition coefficient (Wildman–Crippen LogP) is 4.16. The number of amides is 4. The van der Waals surface area contributed by atoms with Gasteiger partial charge in [0.2, 0.25) is 17.6 Å². The molecule has 0 radical (unpaired) electrons. The number of Topliss-reactive ketones (excluding diaryl/α,β-unsaturated/α-hetero) is 1. The van der Waals surface area contributed by atoms with Gasteiger partial charge in [-0.15, -0.1) is 0 Å². The van der Waals surface area contributed by atoms with Crippen LogP contribution in [0.1, 0.15) is 62.4 Å². The molecule has 0 aromatic heterocycles. The molecule has 1 aliphatic rings. The second-order valence-electron chi connectivity index (χ2n) is 13.5. The van der Waals surface area contributed by atoms with Crippen molar-refractivity contribution in [2.75, 3.05) is 11.9 Å².